The first-order valence-corrected chi connectivity index (χ1v) is 9.57. The third-order valence-electron chi connectivity index (χ3n) is 5.03. The van der Waals surface area contributed by atoms with Gasteiger partial charge < -0.3 is 19.3 Å². The van der Waals surface area contributed by atoms with Crippen LogP contribution < -0.4 is 14.4 Å². The number of fused-ring (bicyclic) bond motifs is 1. The first kappa shape index (κ1) is 19.6. The number of Topliss-reactive ketones (excluding diaryl/α,β-unsaturated/α-hetero) is 1. The molecule has 1 aliphatic rings. The van der Waals surface area contributed by atoms with Gasteiger partial charge in [-0.25, -0.2) is 0 Å². The van der Waals surface area contributed by atoms with Crippen LogP contribution in [0.3, 0.4) is 0 Å². The van der Waals surface area contributed by atoms with Gasteiger partial charge in [0.25, 0.3) is 5.91 Å². The fraction of sp³-hybridized carbons (Fsp3) is 0.350. The number of hydrogen-bond donors (Lipinski definition) is 0. The number of amides is 1. The molecule has 1 saturated heterocycles. The van der Waals surface area contributed by atoms with Crippen molar-refractivity contribution in [3.63, 3.8) is 0 Å². The topological polar surface area (TPSA) is 102 Å². The van der Waals surface area contributed by atoms with Crippen LogP contribution in [0.4, 0.5) is 5.82 Å². The number of methoxy groups -OCH3 is 1. The molecule has 10 nitrogen and oxygen atoms in total. The number of rotatable bonds is 6. The first-order chi connectivity index (χ1) is 14.5. The van der Waals surface area contributed by atoms with Crippen LogP contribution in [0.2, 0.25) is 0 Å². The minimum absolute atomic E-state index is 0.0632. The third kappa shape index (κ3) is 4.02. The minimum atomic E-state index is -0.102. The number of carbonyl (C=O) groups is 2. The highest BCUT2D eigenvalue weighted by Crippen LogP contribution is 2.28. The van der Waals surface area contributed by atoms with E-state index in [2.05, 4.69) is 20.2 Å². The quantitative estimate of drug-likeness (QED) is 0.556. The van der Waals surface area contributed by atoms with E-state index in [0.29, 0.717) is 48.9 Å². The van der Waals surface area contributed by atoms with Crippen molar-refractivity contribution >= 4 is 23.2 Å². The van der Waals surface area contributed by atoms with Crippen molar-refractivity contribution in [2.45, 2.75) is 6.92 Å². The summed E-state index contributed by atoms with van der Waals surface area (Å²) < 4.78 is 12.6. The van der Waals surface area contributed by atoms with Crippen molar-refractivity contribution < 1.29 is 19.1 Å². The molecule has 0 atom stereocenters. The number of ketones is 1. The predicted octanol–water partition coefficient (Wildman–Crippen LogP) is 1.06. The molecule has 4 rings (SSSR count). The van der Waals surface area contributed by atoms with Crippen molar-refractivity contribution in [2.24, 2.45) is 0 Å². The van der Waals surface area contributed by atoms with Gasteiger partial charge >= 0.3 is 0 Å². The lowest BCUT2D eigenvalue weighted by Crippen LogP contribution is -2.50. The first-order valence-electron chi connectivity index (χ1n) is 9.57. The van der Waals surface area contributed by atoms with Gasteiger partial charge in [-0.3, -0.25) is 9.59 Å². The average molecular weight is 410 g/mol. The Morgan fingerprint density at radius 1 is 1.07 bits per heavy atom. The minimum Gasteiger partial charge on any atom is -0.493 e. The van der Waals surface area contributed by atoms with Crippen molar-refractivity contribution in [2.75, 3.05) is 44.8 Å². The molecule has 10 heteroatoms. The highest BCUT2D eigenvalue weighted by Gasteiger charge is 2.23. The summed E-state index contributed by atoms with van der Waals surface area (Å²) >= 11 is 0. The summed E-state index contributed by atoms with van der Waals surface area (Å²) in [5, 5.41) is 12.3. The van der Waals surface area contributed by atoms with Crippen LogP contribution in [0, 0.1) is 0 Å². The number of carbonyl (C=O) groups excluding carboxylic acids is 2. The standard InChI is InChI=1S/C20H22N6O4/c1-14(27)15-3-4-16(17(11-15)29-2)30-12-20(28)25-9-7-24(8-10-25)19-6-5-18-22-21-13-26(18)23-19/h3-6,11,13H,7-10,12H2,1-2H3. The van der Waals surface area contributed by atoms with E-state index in [1.54, 1.807) is 33.9 Å². The van der Waals surface area contributed by atoms with Gasteiger partial charge in [-0.1, -0.05) is 0 Å². The van der Waals surface area contributed by atoms with Crippen molar-refractivity contribution in [1.82, 2.24) is 24.7 Å². The molecule has 156 valence electrons. The molecule has 3 aromatic rings. The van der Waals surface area contributed by atoms with Gasteiger partial charge in [-0.2, -0.15) is 4.52 Å². The number of hydrogen-bond acceptors (Lipinski definition) is 8. The Morgan fingerprint density at radius 3 is 2.60 bits per heavy atom. The second-order valence-corrected chi connectivity index (χ2v) is 6.90. The smallest absolute Gasteiger partial charge is 0.260 e. The number of piperazine rings is 1. The molecule has 1 amide bonds. The summed E-state index contributed by atoms with van der Waals surface area (Å²) in [6.45, 7) is 3.88. The molecule has 0 aliphatic carbocycles. The molecule has 3 heterocycles. The van der Waals surface area contributed by atoms with Crippen LogP contribution in [-0.2, 0) is 4.79 Å². The molecule has 0 saturated carbocycles. The van der Waals surface area contributed by atoms with E-state index < -0.39 is 0 Å². The van der Waals surface area contributed by atoms with E-state index in [1.807, 2.05) is 12.1 Å². The summed E-state index contributed by atoms with van der Waals surface area (Å²) in [6, 6.07) is 8.68. The molecular formula is C20H22N6O4. The van der Waals surface area contributed by atoms with Crippen molar-refractivity contribution in [3.05, 3.63) is 42.2 Å². The van der Waals surface area contributed by atoms with Crippen LogP contribution in [0.5, 0.6) is 11.5 Å². The van der Waals surface area contributed by atoms with E-state index in [1.165, 1.54) is 14.0 Å². The summed E-state index contributed by atoms with van der Waals surface area (Å²) in [5.74, 6) is 1.51. The van der Waals surface area contributed by atoms with E-state index in [0.717, 1.165) is 5.82 Å². The van der Waals surface area contributed by atoms with E-state index >= 15 is 0 Å². The average Bonchev–Trinajstić information content (AvgIpc) is 3.25. The molecule has 0 bridgehead atoms. The van der Waals surface area contributed by atoms with Gasteiger partial charge in [0.15, 0.2) is 29.5 Å². The zero-order chi connectivity index (χ0) is 21.1. The van der Waals surface area contributed by atoms with E-state index in [-0.39, 0.29) is 18.3 Å². The Labute approximate surface area is 173 Å². The normalized spacial score (nSPS) is 14.1. The third-order valence-corrected chi connectivity index (χ3v) is 5.03. The molecule has 0 radical (unpaired) electrons. The van der Waals surface area contributed by atoms with Crippen molar-refractivity contribution in [3.8, 4) is 11.5 Å². The molecule has 1 aliphatic heterocycles. The van der Waals surface area contributed by atoms with Gasteiger partial charge in [0.1, 0.15) is 12.1 Å². The van der Waals surface area contributed by atoms with Crippen molar-refractivity contribution in [1.29, 1.82) is 0 Å². The Kier molecular flexibility index (Phi) is 5.46. The van der Waals surface area contributed by atoms with Crippen LogP contribution in [0.1, 0.15) is 17.3 Å². The second-order valence-electron chi connectivity index (χ2n) is 6.90. The molecule has 0 N–H and O–H groups in total. The lowest BCUT2D eigenvalue weighted by molar-refractivity contribution is -0.133. The highest BCUT2D eigenvalue weighted by atomic mass is 16.5. The zero-order valence-electron chi connectivity index (χ0n) is 16.8. The summed E-state index contributed by atoms with van der Waals surface area (Å²) in [7, 11) is 1.50. The Balaban J connectivity index is 1.33. The van der Waals surface area contributed by atoms with Crippen LogP contribution >= 0.6 is 0 Å². The number of aromatic nitrogens is 4. The molecule has 1 aromatic carbocycles. The maximum Gasteiger partial charge on any atom is 0.260 e. The van der Waals surface area contributed by atoms with Crippen LogP contribution in [0.25, 0.3) is 5.65 Å². The predicted molar refractivity (Wildman–Crippen MR) is 108 cm³/mol. The van der Waals surface area contributed by atoms with Crippen LogP contribution in [0.15, 0.2) is 36.7 Å². The molecule has 0 spiro atoms. The zero-order valence-corrected chi connectivity index (χ0v) is 16.8. The molecular weight excluding hydrogens is 388 g/mol. The SMILES string of the molecule is COc1cc(C(C)=O)ccc1OCC(=O)N1CCN(c2ccc3nncn3n2)CC1. The Bertz CT molecular complexity index is 1070. The lowest BCUT2D eigenvalue weighted by atomic mass is 10.1. The van der Waals surface area contributed by atoms with Gasteiger partial charge in [0.05, 0.1) is 7.11 Å². The van der Waals surface area contributed by atoms with E-state index in [9.17, 15) is 9.59 Å². The number of nitrogens with zero attached hydrogens (tertiary/aromatic N) is 6. The number of ether oxygens (including phenoxy) is 2. The van der Waals surface area contributed by atoms with Crippen LogP contribution in [-0.4, -0.2) is 76.3 Å². The monoisotopic (exact) mass is 410 g/mol. The van der Waals surface area contributed by atoms with Gasteiger partial charge in [-0.15, -0.1) is 15.3 Å². The fourth-order valence-electron chi connectivity index (χ4n) is 3.31. The van der Waals surface area contributed by atoms with Gasteiger partial charge in [-0.05, 0) is 37.3 Å². The summed E-state index contributed by atoms with van der Waals surface area (Å²) in [5.41, 5.74) is 1.22. The molecule has 2 aromatic heterocycles. The lowest BCUT2D eigenvalue weighted by Gasteiger charge is -2.35. The Hall–Kier alpha value is -3.69. The highest BCUT2D eigenvalue weighted by molar-refractivity contribution is 5.94. The van der Waals surface area contributed by atoms with E-state index in [4.69, 9.17) is 9.47 Å². The summed E-state index contributed by atoms with van der Waals surface area (Å²) in [6.07, 6.45) is 1.56. The number of anilines is 1. The Morgan fingerprint density at radius 2 is 1.87 bits per heavy atom. The number of benzene rings is 1. The fourth-order valence-corrected chi connectivity index (χ4v) is 3.31. The molecule has 0 unspecified atom stereocenters. The maximum atomic E-state index is 12.6. The van der Waals surface area contributed by atoms with Gasteiger partial charge in [0.2, 0.25) is 0 Å². The summed E-state index contributed by atoms with van der Waals surface area (Å²) in [4.78, 5) is 28.0. The maximum absolute atomic E-state index is 12.6. The van der Waals surface area contributed by atoms with Gasteiger partial charge in [0, 0.05) is 31.7 Å². The second kappa shape index (κ2) is 8.36. The largest absolute Gasteiger partial charge is 0.493 e. The molecule has 1 fully saturated rings. The molecule has 30 heavy (non-hydrogen) atoms.